The average Bonchev–Trinajstić information content (AvgIpc) is 2.85. The molecular weight excluding hydrogens is 483 g/mol. The summed E-state index contributed by atoms with van der Waals surface area (Å²) in [6.07, 6.45) is 12.4. The summed E-state index contributed by atoms with van der Waals surface area (Å²) in [5.41, 5.74) is -0.850. The van der Waals surface area contributed by atoms with Crippen LogP contribution in [0.25, 0.3) is 22.5 Å². The standard InChI is InChI=1S/C27H26ClF5N2/c1-2-3-4-5-15-6-8-16(9-7-15)18-13-34-27(35-14-18)23-20(29)12-19(25(32)26(23)33)17-10-21(30)24(28)22(31)11-17/h10-16H,2-9H2,1H3. The largest absolute Gasteiger partial charge is 0.236 e. The fourth-order valence-electron chi connectivity index (χ4n) is 4.87. The first-order valence-corrected chi connectivity index (χ1v) is 12.3. The van der Waals surface area contributed by atoms with Crippen molar-refractivity contribution in [3.63, 3.8) is 0 Å². The molecule has 2 aromatic carbocycles. The number of hydrogen-bond donors (Lipinski definition) is 0. The zero-order valence-corrected chi connectivity index (χ0v) is 20.1. The summed E-state index contributed by atoms with van der Waals surface area (Å²) < 4.78 is 72.1. The van der Waals surface area contributed by atoms with Crippen LogP contribution in [0.15, 0.2) is 30.6 Å². The van der Waals surface area contributed by atoms with E-state index in [2.05, 4.69) is 16.9 Å². The maximum absolute atomic E-state index is 14.9. The maximum atomic E-state index is 14.9. The highest BCUT2D eigenvalue weighted by Gasteiger charge is 2.26. The third kappa shape index (κ3) is 5.50. The van der Waals surface area contributed by atoms with Gasteiger partial charge >= 0.3 is 0 Å². The van der Waals surface area contributed by atoms with Crippen molar-refractivity contribution in [2.75, 3.05) is 0 Å². The molecule has 1 aromatic heterocycles. The fraction of sp³-hybridized carbons (Fsp3) is 0.407. The van der Waals surface area contributed by atoms with E-state index in [1.165, 1.54) is 25.7 Å². The number of aromatic nitrogens is 2. The molecule has 0 bridgehead atoms. The molecule has 0 aliphatic heterocycles. The van der Waals surface area contributed by atoms with Crippen LogP contribution in [0.5, 0.6) is 0 Å². The molecule has 0 saturated heterocycles. The van der Waals surface area contributed by atoms with Crippen LogP contribution >= 0.6 is 11.6 Å². The van der Waals surface area contributed by atoms with E-state index < -0.39 is 45.2 Å². The molecule has 35 heavy (non-hydrogen) atoms. The van der Waals surface area contributed by atoms with E-state index in [9.17, 15) is 22.0 Å². The van der Waals surface area contributed by atoms with Gasteiger partial charge in [-0.1, -0.05) is 44.2 Å². The van der Waals surface area contributed by atoms with Crippen LogP contribution in [0.3, 0.4) is 0 Å². The van der Waals surface area contributed by atoms with E-state index in [0.29, 0.717) is 18.2 Å². The van der Waals surface area contributed by atoms with Gasteiger partial charge in [0.05, 0.1) is 5.56 Å². The Bertz CT molecular complexity index is 1170. The highest BCUT2D eigenvalue weighted by atomic mass is 35.5. The number of halogens is 6. The van der Waals surface area contributed by atoms with Crippen LogP contribution in [-0.2, 0) is 0 Å². The van der Waals surface area contributed by atoms with Crippen molar-refractivity contribution in [1.82, 2.24) is 9.97 Å². The van der Waals surface area contributed by atoms with Crippen LogP contribution in [0.1, 0.15) is 69.8 Å². The smallest absolute Gasteiger partial charge is 0.173 e. The first-order valence-electron chi connectivity index (χ1n) is 11.9. The van der Waals surface area contributed by atoms with Crippen LogP contribution in [0.2, 0.25) is 5.02 Å². The molecule has 0 atom stereocenters. The second-order valence-electron chi connectivity index (χ2n) is 9.22. The molecule has 8 heteroatoms. The monoisotopic (exact) mass is 508 g/mol. The van der Waals surface area contributed by atoms with E-state index in [1.807, 2.05) is 0 Å². The first kappa shape index (κ1) is 25.5. The van der Waals surface area contributed by atoms with Gasteiger partial charge in [0.1, 0.15) is 22.5 Å². The lowest BCUT2D eigenvalue weighted by Gasteiger charge is -2.28. The zero-order chi connectivity index (χ0) is 25.1. The highest BCUT2D eigenvalue weighted by molar-refractivity contribution is 6.31. The minimum absolute atomic E-state index is 0.287. The Balaban J connectivity index is 1.54. The van der Waals surface area contributed by atoms with Crippen LogP contribution in [-0.4, -0.2) is 9.97 Å². The van der Waals surface area contributed by atoms with Crippen LogP contribution in [0.4, 0.5) is 22.0 Å². The molecule has 0 spiro atoms. The minimum Gasteiger partial charge on any atom is -0.236 e. The molecule has 1 aliphatic carbocycles. The molecule has 0 N–H and O–H groups in total. The Hall–Kier alpha value is -2.54. The van der Waals surface area contributed by atoms with Gasteiger partial charge in [-0.15, -0.1) is 0 Å². The molecule has 1 saturated carbocycles. The quantitative estimate of drug-likeness (QED) is 0.138. The summed E-state index contributed by atoms with van der Waals surface area (Å²) in [5, 5.41) is -0.787. The van der Waals surface area contributed by atoms with Crippen molar-refractivity contribution in [3.8, 4) is 22.5 Å². The SMILES string of the molecule is CCCCCC1CCC(c2cnc(-c3c(F)cc(-c4cc(F)c(Cl)c(F)c4)c(F)c3F)nc2)CC1. The van der Waals surface area contributed by atoms with E-state index in [0.717, 1.165) is 37.2 Å². The lowest BCUT2D eigenvalue weighted by Crippen LogP contribution is -2.14. The number of unbranched alkanes of at least 4 members (excludes halogenated alkanes) is 2. The third-order valence-corrected chi connectivity index (χ3v) is 7.24. The summed E-state index contributed by atoms with van der Waals surface area (Å²) in [6, 6.07) is 2.10. The van der Waals surface area contributed by atoms with Crippen molar-refractivity contribution in [1.29, 1.82) is 0 Å². The fourth-order valence-corrected chi connectivity index (χ4v) is 4.98. The second-order valence-corrected chi connectivity index (χ2v) is 9.59. The van der Waals surface area contributed by atoms with Crippen molar-refractivity contribution >= 4 is 11.6 Å². The van der Waals surface area contributed by atoms with E-state index in [-0.39, 0.29) is 17.3 Å². The molecule has 3 aromatic rings. The molecule has 1 fully saturated rings. The van der Waals surface area contributed by atoms with Crippen molar-refractivity contribution < 1.29 is 22.0 Å². The average molecular weight is 509 g/mol. The molecule has 0 unspecified atom stereocenters. The van der Waals surface area contributed by atoms with Crippen LogP contribution < -0.4 is 0 Å². The van der Waals surface area contributed by atoms with Crippen molar-refractivity contribution in [2.24, 2.45) is 5.92 Å². The molecule has 0 amide bonds. The molecule has 1 heterocycles. The first-order chi connectivity index (χ1) is 16.8. The van der Waals surface area contributed by atoms with Crippen molar-refractivity contribution in [3.05, 3.63) is 70.3 Å². The topological polar surface area (TPSA) is 25.8 Å². The Kier molecular flexibility index (Phi) is 8.05. The van der Waals surface area contributed by atoms with Gasteiger partial charge in [-0.25, -0.2) is 31.9 Å². The van der Waals surface area contributed by atoms with Gasteiger partial charge in [0.15, 0.2) is 17.5 Å². The lowest BCUT2D eigenvalue weighted by atomic mass is 9.77. The predicted octanol–water partition coefficient (Wildman–Crippen LogP) is 9.01. The lowest BCUT2D eigenvalue weighted by molar-refractivity contribution is 0.302. The van der Waals surface area contributed by atoms with Gasteiger partial charge in [0.25, 0.3) is 0 Å². The van der Waals surface area contributed by atoms with Gasteiger partial charge in [-0.2, -0.15) is 0 Å². The summed E-state index contributed by atoms with van der Waals surface area (Å²) >= 11 is 5.44. The second kappa shape index (κ2) is 11.0. The number of rotatable bonds is 7. The minimum atomic E-state index is -1.53. The normalized spacial score (nSPS) is 18.1. The molecule has 0 radical (unpaired) electrons. The Morgan fingerprint density at radius 2 is 1.46 bits per heavy atom. The van der Waals surface area contributed by atoms with E-state index in [1.54, 1.807) is 12.4 Å². The molecule has 1 aliphatic rings. The summed E-state index contributed by atoms with van der Waals surface area (Å²) in [4.78, 5) is 8.23. The van der Waals surface area contributed by atoms with Gasteiger partial charge in [0, 0.05) is 18.0 Å². The number of nitrogens with zero attached hydrogens (tertiary/aromatic N) is 2. The van der Waals surface area contributed by atoms with Gasteiger partial charge in [-0.05, 0) is 66.8 Å². The third-order valence-electron chi connectivity index (χ3n) is 6.88. The summed E-state index contributed by atoms with van der Waals surface area (Å²) in [6.45, 7) is 2.20. The summed E-state index contributed by atoms with van der Waals surface area (Å²) in [7, 11) is 0. The van der Waals surface area contributed by atoms with Gasteiger partial charge < -0.3 is 0 Å². The molecular formula is C27H26ClF5N2. The Morgan fingerprint density at radius 1 is 0.829 bits per heavy atom. The maximum Gasteiger partial charge on any atom is 0.173 e. The highest BCUT2D eigenvalue weighted by Crippen LogP contribution is 2.38. The van der Waals surface area contributed by atoms with Crippen molar-refractivity contribution in [2.45, 2.75) is 64.2 Å². The molecule has 186 valence electrons. The summed E-state index contributed by atoms with van der Waals surface area (Å²) in [5.74, 6) is -5.74. The Morgan fingerprint density at radius 3 is 2.06 bits per heavy atom. The van der Waals surface area contributed by atoms with Crippen LogP contribution in [0, 0.1) is 35.0 Å². The Labute approximate surface area is 206 Å². The van der Waals surface area contributed by atoms with E-state index >= 15 is 0 Å². The number of hydrogen-bond acceptors (Lipinski definition) is 2. The zero-order valence-electron chi connectivity index (χ0n) is 19.4. The molecule has 4 rings (SSSR count). The van der Waals surface area contributed by atoms with Gasteiger partial charge in [0.2, 0.25) is 0 Å². The number of benzene rings is 2. The van der Waals surface area contributed by atoms with E-state index in [4.69, 9.17) is 11.6 Å². The molecule has 2 nitrogen and oxygen atoms in total. The van der Waals surface area contributed by atoms with Gasteiger partial charge in [-0.3, -0.25) is 0 Å². The predicted molar refractivity (Wildman–Crippen MR) is 127 cm³/mol.